The van der Waals surface area contributed by atoms with Gasteiger partial charge in [-0.1, -0.05) is 11.6 Å². The molecule has 1 heterocycles. The predicted molar refractivity (Wildman–Crippen MR) is 99.7 cm³/mol. The average Bonchev–Trinajstić information content (AvgIpc) is 3.16. The summed E-state index contributed by atoms with van der Waals surface area (Å²) in [5, 5.41) is 2.65. The molecule has 1 N–H and O–H groups in total. The van der Waals surface area contributed by atoms with Gasteiger partial charge in [0.1, 0.15) is 0 Å². The summed E-state index contributed by atoms with van der Waals surface area (Å²) < 4.78 is 26.7. The minimum absolute atomic E-state index is 0.0315. The largest absolute Gasteiger partial charge is 0.343 e. The molecule has 2 amide bonds. The van der Waals surface area contributed by atoms with Crippen LogP contribution in [-0.4, -0.2) is 62.2 Å². The van der Waals surface area contributed by atoms with Crippen molar-refractivity contribution in [3.63, 3.8) is 0 Å². The quantitative estimate of drug-likeness (QED) is 0.753. The van der Waals surface area contributed by atoms with Crippen LogP contribution < -0.4 is 5.32 Å². The van der Waals surface area contributed by atoms with Crippen LogP contribution in [0.15, 0.2) is 23.1 Å². The highest BCUT2D eigenvalue weighted by Crippen LogP contribution is 2.25. The Morgan fingerprint density at radius 1 is 1.19 bits per heavy atom. The molecule has 1 aromatic rings. The summed E-state index contributed by atoms with van der Waals surface area (Å²) in [4.78, 5) is 26.0. The Balaban J connectivity index is 2.16. The maximum Gasteiger partial charge on any atom is 0.253 e. The normalized spacial score (nSPS) is 15.0. The first-order valence-corrected chi connectivity index (χ1v) is 10.5. The van der Waals surface area contributed by atoms with Crippen molar-refractivity contribution in [2.24, 2.45) is 0 Å². The number of amides is 2. The second-order valence-corrected chi connectivity index (χ2v) is 8.35. The Hall–Kier alpha value is -1.64. The summed E-state index contributed by atoms with van der Waals surface area (Å²) in [5.74, 6) is -0.783. The molecule has 0 radical (unpaired) electrons. The van der Waals surface area contributed by atoms with Gasteiger partial charge in [0.25, 0.3) is 5.91 Å². The first kappa shape index (κ1) is 20.7. The van der Waals surface area contributed by atoms with Crippen molar-refractivity contribution in [1.82, 2.24) is 14.5 Å². The zero-order valence-electron chi connectivity index (χ0n) is 15.0. The predicted octanol–water partition coefficient (Wildman–Crippen LogP) is 1.72. The Labute approximate surface area is 159 Å². The van der Waals surface area contributed by atoms with Crippen LogP contribution in [0.3, 0.4) is 0 Å². The summed E-state index contributed by atoms with van der Waals surface area (Å²) in [7, 11) is -3.64. The lowest BCUT2D eigenvalue weighted by Crippen LogP contribution is -2.40. The van der Waals surface area contributed by atoms with Gasteiger partial charge in [-0.2, -0.15) is 4.31 Å². The van der Waals surface area contributed by atoms with Crippen molar-refractivity contribution in [3.05, 3.63) is 28.8 Å². The van der Waals surface area contributed by atoms with E-state index in [0.29, 0.717) is 26.2 Å². The second-order valence-electron chi connectivity index (χ2n) is 6.00. The number of sulfonamides is 1. The van der Waals surface area contributed by atoms with E-state index in [4.69, 9.17) is 11.6 Å². The lowest BCUT2D eigenvalue weighted by molar-refractivity contribution is -0.129. The maximum absolute atomic E-state index is 12.6. The van der Waals surface area contributed by atoms with Crippen LogP contribution in [0.4, 0.5) is 0 Å². The monoisotopic (exact) mass is 401 g/mol. The van der Waals surface area contributed by atoms with Gasteiger partial charge in [-0.3, -0.25) is 9.59 Å². The lowest BCUT2D eigenvalue weighted by Gasteiger charge is -2.19. The van der Waals surface area contributed by atoms with Crippen LogP contribution in [0, 0.1) is 0 Å². The van der Waals surface area contributed by atoms with Crippen molar-refractivity contribution < 1.29 is 18.0 Å². The number of halogens is 1. The van der Waals surface area contributed by atoms with Crippen molar-refractivity contribution in [2.45, 2.75) is 31.6 Å². The third-order valence-corrected chi connectivity index (χ3v) is 6.63. The number of carbonyl (C=O) groups excluding carboxylic acids is 2. The number of nitrogens with zero attached hydrogens (tertiary/aromatic N) is 2. The first-order chi connectivity index (χ1) is 12.3. The van der Waals surface area contributed by atoms with E-state index in [2.05, 4.69) is 5.32 Å². The first-order valence-electron chi connectivity index (χ1n) is 8.67. The molecule has 1 saturated heterocycles. The van der Waals surface area contributed by atoms with Crippen LogP contribution >= 0.6 is 11.6 Å². The second kappa shape index (κ2) is 8.83. The minimum Gasteiger partial charge on any atom is -0.343 e. The molecule has 26 heavy (non-hydrogen) atoms. The number of hydrogen-bond acceptors (Lipinski definition) is 4. The summed E-state index contributed by atoms with van der Waals surface area (Å²) in [6, 6.07) is 4.06. The highest BCUT2D eigenvalue weighted by atomic mass is 35.5. The standard InChI is InChI=1S/C17H24ClN3O4S/c1-3-20(4-2)16(22)12-19-17(23)14-11-13(7-8-15(14)18)26(24,25)21-9-5-6-10-21/h7-8,11H,3-6,9-10,12H2,1-2H3,(H,19,23). The summed E-state index contributed by atoms with van der Waals surface area (Å²) >= 11 is 6.07. The topological polar surface area (TPSA) is 86.8 Å². The SMILES string of the molecule is CCN(CC)C(=O)CNC(=O)c1cc(S(=O)(=O)N2CCCC2)ccc1Cl. The van der Waals surface area contributed by atoms with E-state index in [9.17, 15) is 18.0 Å². The van der Waals surface area contributed by atoms with Crippen LogP contribution in [0.1, 0.15) is 37.0 Å². The van der Waals surface area contributed by atoms with Crippen LogP contribution in [0.2, 0.25) is 5.02 Å². The number of nitrogens with one attached hydrogen (secondary N) is 1. The van der Waals surface area contributed by atoms with E-state index in [1.807, 2.05) is 13.8 Å². The number of hydrogen-bond donors (Lipinski definition) is 1. The summed E-state index contributed by atoms with van der Waals surface area (Å²) in [6.45, 7) is 5.60. The molecular formula is C17H24ClN3O4S. The molecule has 0 aliphatic carbocycles. The van der Waals surface area contributed by atoms with Gasteiger partial charge in [-0.15, -0.1) is 0 Å². The van der Waals surface area contributed by atoms with Gasteiger partial charge in [-0.25, -0.2) is 8.42 Å². The van der Waals surface area contributed by atoms with Crippen LogP contribution in [0.5, 0.6) is 0 Å². The zero-order chi connectivity index (χ0) is 19.3. The van der Waals surface area contributed by atoms with E-state index in [1.54, 1.807) is 4.90 Å². The molecule has 7 nitrogen and oxygen atoms in total. The Morgan fingerprint density at radius 2 is 1.81 bits per heavy atom. The van der Waals surface area contributed by atoms with Gasteiger partial charge >= 0.3 is 0 Å². The molecule has 0 atom stereocenters. The number of benzene rings is 1. The lowest BCUT2D eigenvalue weighted by atomic mass is 10.2. The fourth-order valence-electron chi connectivity index (χ4n) is 2.86. The average molecular weight is 402 g/mol. The smallest absolute Gasteiger partial charge is 0.253 e. The molecular weight excluding hydrogens is 378 g/mol. The fraction of sp³-hybridized carbons (Fsp3) is 0.529. The van der Waals surface area contributed by atoms with Gasteiger partial charge in [-0.05, 0) is 44.9 Å². The van der Waals surface area contributed by atoms with E-state index in [0.717, 1.165) is 12.8 Å². The Kier molecular flexibility index (Phi) is 7.02. The summed E-state index contributed by atoms with van der Waals surface area (Å²) in [5.41, 5.74) is 0.0410. The molecule has 9 heteroatoms. The highest BCUT2D eigenvalue weighted by Gasteiger charge is 2.28. The molecule has 1 fully saturated rings. The minimum atomic E-state index is -3.64. The van der Waals surface area contributed by atoms with Crippen LogP contribution in [-0.2, 0) is 14.8 Å². The molecule has 0 unspecified atom stereocenters. The van der Waals surface area contributed by atoms with Crippen molar-refractivity contribution in [1.29, 1.82) is 0 Å². The third-order valence-electron chi connectivity index (χ3n) is 4.40. The fourth-order valence-corrected chi connectivity index (χ4v) is 4.60. The van der Waals surface area contributed by atoms with E-state index >= 15 is 0 Å². The zero-order valence-corrected chi connectivity index (χ0v) is 16.6. The third kappa shape index (κ3) is 4.55. The molecule has 1 aromatic carbocycles. The molecule has 0 saturated carbocycles. The van der Waals surface area contributed by atoms with Gasteiger partial charge in [0.15, 0.2) is 0 Å². The molecule has 1 aliphatic rings. The molecule has 0 aromatic heterocycles. The number of rotatable bonds is 7. The molecule has 2 rings (SSSR count). The van der Waals surface area contributed by atoms with Gasteiger partial charge < -0.3 is 10.2 Å². The molecule has 144 valence electrons. The maximum atomic E-state index is 12.6. The van der Waals surface area contributed by atoms with Gasteiger partial charge in [0.2, 0.25) is 15.9 Å². The van der Waals surface area contributed by atoms with Gasteiger partial charge in [0, 0.05) is 26.2 Å². The molecule has 1 aliphatic heterocycles. The van der Waals surface area contributed by atoms with Crippen molar-refractivity contribution >= 4 is 33.4 Å². The highest BCUT2D eigenvalue weighted by molar-refractivity contribution is 7.89. The molecule has 0 spiro atoms. The van der Waals surface area contributed by atoms with E-state index in [-0.39, 0.29) is 27.9 Å². The van der Waals surface area contributed by atoms with Gasteiger partial charge in [0.05, 0.1) is 22.0 Å². The van der Waals surface area contributed by atoms with Crippen molar-refractivity contribution in [2.75, 3.05) is 32.7 Å². The number of likely N-dealkylation sites (N-methyl/N-ethyl adjacent to an activating group) is 1. The number of carbonyl (C=O) groups is 2. The van der Waals surface area contributed by atoms with Crippen molar-refractivity contribution in [3.8, 4) is 0 Å². The van der Waals surface area contributed by atoms with Crippen LogP contribution in [0.25, 0.3) is 0 Å². The Bertz CT molecular complexity index is 772. The molecule has 0 bridgehead atoms. The van der Waals surface area contributed by atoms with E-state index in [1.165, 1.54) is 22.5 Å². The Morgan fingerprint density at radius 3 is 2.38 bits per heavy atom. The summed E-state index contributed by atoms with van der Waals surface area (Å²) in [6.07, 6.45) is 1.65. The van der Waals surface area contributed by atoms with E-state index < -0.39 is 15.9 Å².